The van der Waals surface area contributed by atoms with Gasteiger partial charge in [-0.05, 0) is 65.7 Å². The van der Waals surface area contributed by atoms with E-state index in [4.69, 9.17) is 9.47 Å². The molecule has 6 aromatic rings. The van der Waals surface area contributed by atoms with Crippen LogP contribution in [0.3, 0.4) is 0 Å². The molecule has 7 rings (SSSR count). The Morgan fingerprint density at radius 3 is 2.73 bits per heavy atom. The number of amides is 1. The number of carbonyl (C=O) groups is 1. The maximum absolute atomic E-state index is 14.0. The molecular weight excluding hydrogens is 572 g/mol. The Morgan fingerprint density at radius 1 is 1.09 bits per heavy atom. The van der Waals surface area contributed by atoms with Crippen LogP contribution in [0.5, 0.6) is 11.6 Å². The highest BCUT2D eigenvalue weighted by Crippen LogP contribution is 2.43. The summed E-state index contributed by atoms with van der Waals surface area (Å²) in [6.07, 6.45) is 5.04. The monoisotopic (exact) mass is 604 g/mol. The van der Waals surface area contributed by atoms with Crippen LogP contribution in [-0.2, 0) is 19.4 Å². The number of aromatic amines is 1. The first-order valence-electron chi connectivity index (χ1n) is 14.5. The Kier molecular flexibility index (Phi) is 7.41. The molecule has 1 atom stereocenters. The molecule has 0 saturated carbocycles. The van der Waals surface area contributed by atoms with E-state index < -0.39 is 6.04 Å². The molecule has 1 unspecified atom stereocenters. The third-order valence-corrected chi connectivity index (χ3v) is 9.23. The summed E-state index contributed by atoms with van der Waals surface area (Å²) in [4.78, 5) is 22.7. The lowest BCUT2D eigenvalue weighted by Crippen LogP contribution is -2.39. The SMILES string of the molecule is COc1ccc(-c2cc3c(cc2OC)CCn2c-3cc(C(=O)NC(CO)Cc3c[nH]c4ccccc34)c2-c2cccs2)cn1. The van der Waals surface area contributed by atoms with Crippen molar-refractivity contribution in [3.63, 3.8) is 0 Å². The van der Waals surface area contributed by atoms with E-state index in [1.165, 1.54) is 0 Å². The molecule has 0 spiro atoms. The average molecular weight is 605 g/mol. The lowest BCUT2D eigenvalue weighted by Gasteiger charge is -2.23. The molecule has 8 nitrogen and oxygen atoms in total. The Labute approximate surface area is 258 Å². The van der Waals surface area contributed by atoms with E-state index in [-0.39, 0.29) is 12.5 Å². The lowest BCUT2D eigenvalue weighted by molar-refractivity contribution is 0.0917. The number of para-hydroxylation sites is 1. The molecule has 0 aliphatic carbocycles. The minimum Gasteiger partial charge on any atom is -0.496 e. The second kappa shape index (κ2) is 11.7. The maximum atomic E-state index is 14.0. The van der Waals surface area contributed by atoms with Gasteiger partial charge in [0, 0.05) is 58.3 Å². The van der Waals surface area contributed by atoms with Crippen LogP contribution in [0.25, 0.3) is 43.9 Å². The molecule has 0 fully saturated rings. The van der Waals surface area contributed by atoms with Crippen molar-refractivity contribution in [2.45, 2.75) is 25.4 Å². The first-order chi connectivity index (χ1) is 21.6. The predicted molar refractivity (Wildman–Crippen MR) is 174 cm³/mol. The first-order valence-corrected chi connectivity index (χ1v) is 15.4. The maximum Gasteiger partial charge on any atom is 0.253 e. The number of fused-ring (bicyclic) bond motifs is 4. The minimum absolute atomic E-state index is 0.172. The molecule has 0 saturated heterocycles. The number of nitrogens with one attached hydrogen (secondary N) is 2. The van der Waals surface area contributed by atoms with Crippen molar-refractivity contribution in [3.05, 3.63) is 101 Å². The van der Waals surface area contributed by atoms with Gasteiger partial charge in [0.15, 0.2) is 0 Å². The van der Waals surface area contributed by atoms with Gasteiger partial charge in [-0.1, -0.05) is 24.3 Å². The molecular formula is C35H32N4O4S. The Morgan fingerprint density at radius 2 is 1.98 bits per heavy atom. The largest absolute Gasteiger partial charge is 0.496 e. The quantitative estimate of drug-likeness (QED) is 0.179. The van der Waals surface area contributed by atoms with Crippen molar-refractivity contribution in [1.82, 2.24) is 19.9 Å². The summed E-state index contributed by atoms with van der Waals surface area (Å²) in [5.41, 5.74) is 8.59. The lowest BCUT2D eigenvalue weighted by atomic mass is 9.93. The summed E-state index contributed by atoms with van der Waals surface area (Å²) in [5, 5.41) is 16.6. The van der Waals surface area contributed by atoms with Gasteiger partial charge < -0.3 is 29.4 Å². The van der Waals surface area contributed by atoms with Gasteiger partial charge in [-0.15, -0.1) is 11.3 Å². The standard InChI is InChI=1S/C35H32N4O4S/c1-42-31-15-21-11-12-39-30(26(21)16-27(31)22-9-10-33(43-2)37-18-22)17-28(34(39)32-8-5-13-44-32)35(41)38-24(20-40)14-23-19-36-29-7-4-3-6-25(23)29/h3-10,13,15-19,24,36,40H,11-12,14,20H2,1-2H3,(H,38,41). The van der Waals surface area contributed by atoms with E-state index in [0.29, 0.717) is 17.9 Å². The van der Waals surface area contributed by atoms with Crippen molar-refractivity contribution in [1.29, 1.82) is 0 Å². The van der Waals surface area contributed by atoms with Gasteiger partial charge in [-0.25, -0.2) is 4.98 Å². The van der Waals surface area contributed by atoms with Crippen LogP contribution in [0.15, 0.2) is 84.5 Å². The normalized spacial score (nSPS) is 12.9. The third kappa shape index (κ3) is 4.94. The van der Waals surface area contributed by atoms with E-state index in [1.54, 1.807) is 31.8 Å². The summed E-state index contributed by atoms with van der Waals surface area (Å²) in [7, 11) is 3.28. The van der Waals surface area contributed by atoms with Crippen molar-refractivity contribution < 1.29 is 19.4 Å². The second-order valence-corrected chi connectivity index (χ2v) is 11.8. The van der Waals surface area contributed by atoms with Crippen LogP contribution in [0.2, 0.25) is 0 Å². The second-order valence-electron chi connectivity index (χ2n) is 10.9. The number of carbonyl (C=O) groups excluding carboxylic acids is 1. The van der Waals surface area contributed by atoms with Crippen LogP contribution < -0.4 is 14.8 Å². The fourth-order valence-corrected chi connectivity index (χ4v) is 6.99. The number of ether oxygens (including phenoxy) is 2. The fourth-order valence-electron chi connectivity index (χ4n) is 6.20. The van der Waals surface area contributed by atoms with Crippen LogP contribution in [-0.4, -0.2) is 52.4 Å². The number of aryl methyl sites for hydroxylation is 1. The number of thiophene rings is 1. The molecule has 4 aromatic heterocycles. The number of pyridine rings is 1. The number of H-pyrrole nitrogens is 1. The van der Waals surface area contributed by atoms with Gasteiger partial charge in [0.2, 0.25) is 5.88 Å². The molecule has 0 radical (unpaired) electrons. The predicted octanol–water partition coefficient (Wildman–Crippen LogP) is 6.33. The zero-order valence-corrected chi connectivity index (χ0v) is 25.3. The fraction of sp³-hybridized carbons (Fsp3) is 0.200. The number of nitrogens with zero attached hydrogens (tertiary/aromatic N) is 2. The third-order valence-electron chi connectivity index (χ3n) is 8.36. The Balaban J connectivity index is 1.28. The van der Waals surface area contributed by atoms with Crippen LogP contribution in [0.1, 0.15) is 21.5 Å². The highest BCUT2D eigenvalue weighted by atomic mass is 32.1. The molecule has 5 heterocycles. The number of aliphatic hydroxyl groups excluding tert-OH is 1. The van der Waals surface area contributed by atoms with Crippen LogP contribution >= 0.6 is 11.3 Å². The van der Waals surface area contributed by atoms with Gasteiger partial charge >= 0.3 is 0 Å². The summed E-state index contributed by atoms with van der Waals surface area (Å²) in [6, 6.07) is 21.7. The van der Waals surface area contributed by atoms with Gasteiger partial charge in [-0.2, -0.15) is 0 Å². The number of hydrogen-bond acceptors (Lipinski definition) is 6. The van der Waals surface area contributed by atoms with Gasteiger partial charge in [0.05, 0.1) is 43.0 Å². The summed E-state index contributed by atoms with van der Waals surface area (Å²) in [6.45, 7) is 0.559. The van der Waals surface area contributed by atoms with E-state index in [1.807, 2.05) is 54.0 Å². The Bertz CT molecular complexity index is 1960. The highest BCUT2D eigenvalue weighted by molar-refractivity contribution is 7.13. The number of benzene rings is 2. The van der Waals surface area contributed by atoms with E-state index >= 15 is 0 Å². The first kappa shape index (κ1) is 27.9. The van der Waals surface area contributed by atoms with E-state index in [9.17, 15) is 9.90 Å². The van der Waals surface area contributed by atoms with Crippen molar-refractivity contribution in [2.24, 2.45) is 0 Å². The van der Waals surface area contributed by atoms with E-state index in [0.717, 1.165) is 73.7 Å². The van der Waals surface area contributed by atoms with E-state index in [2.05, 4.69) is 44.1 Å². The number of aliphatic hydroxyl groups is 1. The van der Waals surface area contributed by atoms with Crippen molar-refractivity contribution in [2.75, 3.05) is 20.8 Å². The molecule has 1 aliphatic rings. The number of hydrogen-bond donors (Lipinski definition) is 3. The van der Waals surface area contributed by atoms with Crippen molar-refractivity contribution in [3.8, 4) is 44.6 Å². The summed E-state index contributed by atoms with van der Waals surface area (Å²) >= 11 is 1.61. The average Bonchev–Trinajstić information content (AvgIpc) is 3.83. The molecule has 2 aromatic carbocycles. The van der Waals surface area contributed by atoms with Gasteiger partial charge in [0.1, 0.15) is 5.75 Å². The molecule has 222 valence electrons. The van der Waals surface area contributed by atoms with Gasteiger partial charge in [-0.3, -0.25) is 4.79 Å². The number of rotatable bonds is 9. The van der Waals surface area contributed by atoms with Crippen LogP contribution in [0.4, 0.5) is 0 Å². The molecule has 0 bridgehead atoms. The number of methoxy groups -OCH3 is 2. The smallest absolute Gasteiger partial charge is 0.253 e. The van der Waals surface area contributed by atoms with Crippen LogP contribution in [0, 0.1) is 0 Å². The molecule has 9 heteroatoms. The topological polar surface area (TPSA) is 101 Å². The highest BCUT2D eigenvalue weighted by Gasteiger charge is 2.29. The summed E-state index contributed by atoms with van der Waals surface area (Å²) in [5.74, 6) is 1.11. The van der Waals surface area contributed by atoms with Gasteiger partial charge in [0.25, 0.3) is 5.91 Å². The minimum atomic E-state index is -0.444. The van der Waals surface area contributed by atoms with Crippen molar-refractivity contribution >= 4 is 28.1 Å². The Hall–Kier alpha value is -4.86. The molecule has 1 amide bonds. The zero-order valence-electron chi connectivity index (χ0n) is 24.5. The number of aromatic nitrogens is 3. The molecule has 3 N–H and O–H groups in total. The molecule has 44 heavy (non-hydrogen) atoms. The molecule has 1 aliphatic heterocycles. The zero-order chi connectivity index (χ0) is 30.2. The summed E-state index contributed by atoms with van der Waals surface area (Å²) < 4.78 is 13.3.